The molecule has 0 spiro atoms. The Labute approximate surface area is 100 Å². The Morgan fingerprint density at radius 3 is 2.60 bits per heavy atom. The third-order valence-corrected chi connectivity index (χ3v) is 2.88. The summed E-state index contributed by atoms with van der Waals surface area (Å²) < 4.78 is 3.34. The molecule has 0 aliphatic carbocycles. The standard InChI is InChI=1S/C9H9BrN4S/c10-7-3-1-6(2-4-7)5-14-8(11)12-13-9(14)15/h1-4H,5H2,(H2,11,12)(H,13,15). The number of nitrogens with one attached hydrogen (secondary N) is 1. The van der Waals surface area contributed by atoms with Gasteiger partial charge in [-0.15, -0.1) is 5.10 Å². The van der Waals surface area contributed by atoms with Crippen LogP contribution in [0.1, 0.15) is 5.56 Å². The number of aromatic nitrogens is 3. The van der Waals surface area contributed by atoms with Crippen molar-refractivity contribution in [1.82, 2.24) is 14.8 Å². The summed E-state index contributed by atoms with van der Waals surface area (Å²) in [4.78, 5) is 0. The van der Waals surface area contributed by atoms with Crippen molar-refractivity contribution in [2.45, 2.75) is 6.54 Å². The van der Waals surface area contributed by atoms with Crippen LogP contribution in [0.15, 0.2) is 28.7 Å². The van der Waals surface area contributed by atoms with Gasteiger partial charge in [0.2, 0.25) is 5.95 Å². The van der Waals surface area contributed by atoms with Crippen molar-refractivity contribution in [3.63, 3.8) is 0 Å². The zero-order valence-corrected chi connectivity index (χ0v) is 10.2. The number of nitrogen functional groups attached to an aromatic ring is 1. The second kappa shape index (κ2) is 4.16. The number of nitrogens with zero attached hydrogens (tertiary/aromatic N) is 2. The number of aromatic amines is 1. The SMILES string of the molecule is Nc1n[nH]c(=S)n1Cc1ccc(Br)cc1. The Kier molecular flexibility index (Phi) is 2.88. The number of halogens is 1. The van der Waals surface area contributed by atoms with Gasteiger partial charge in [-0.1, -0.05) is 28.1 Å². The molecule has 15 heavy (non-hydrogen) atoms. The van der Waals surface area contributed by atoms with Crippen molar-refractivity contribution in [1.29, 1.82) is 0 Å². The van der Waals surface area contributed by atoms with E-state index in [1.807, 2.05) is 24.3 Å². The molecule has 0 atom stereocenters. The van der Waals surface area contributed by atoms with Crippen LogP contribution < -0.4 is 5.73 Å². The van der Waals surface area contributed by atoms with Crippen LogP contribution in [0.25, 0.3) is 0 Å². The zero-order valence-electron chi connectivity index (χ0n) is 7.77. The van der Waals surface area contributed by atoms with Crippen LogP contribution in [0.2, 0.25) is 0 Å². The molecule has 3 N–H and O–H groups in total. The lowest BCUT2D eigenvalue weighted by Gasteiger charge is -2.03. The van der Waals surface area contributed by atoms with E-state index in [0.717, 1.165) is 10.0 Å². The van der Waals surface area contributed by atoms with Crippen molar-refractivity contribution >= 4 is 34.1 Å². The molecule has 4 nitrogen and oxygen atoms in total. The number of hydrogen-bond acceptors (Lipinski definition) is 3. The first-order valence-electron chi connectivity index (χ1n) is 4.32. The van der Waals surface area contributed by atoms with E-state index in [4.69, 9.17) is 18.0 Å². The lowest BCUT2D eigenvalue weighted by atomic mass is 10.2. The number of nitrogens with two attached hydrogens (primary N) is 1. The molecule has 2 aromatic rings. The Hall–Kier alpha value is -1.14. The van der Waals surface area contributed by atoms with Gasteiger partial charge >= 0.3 is 0 Å². The van der Waals surface area contributed by atoms with Gasteiger partial charge in [-0.25, -0.2) is 5.10 Å². The van der Waals surface area contributed by atoms with E-state index in [0.29, 0.717) is 17.3 Å². The minimum Gasteiger partial charge on any atom is -0.368 e. The van der Waals surface area contributed by atoms with Crippen molar-refractivity contribution in [3.8, 4) is 0 Å². The highest BCUT2D eigenvalue weighted by Crippen LogP contribution is 2.12. The van der Waals surface area contributed by atoms with Gasteiger partial charge in [0, 0.05) is 4.47 Å². The van der Waals surface area contributed by atoms with Crippen molar-refractivity contribution in [3.05, 3.63) is 39.1 Å². The molecule has 0 aliphatic heterocycles. The lowest BCUT2D eigenvalue weighted by Crippen LogP contribution is -2.04. The van der Waals surface area contributed by atoms with Crippen LogP contribution in [0.4, 0.5) is 5.95 Å². The van der Waals surface area contributed by atoms with Gasteiger partial charge in [-0.2, -0.15) is 0 Å². The first kappa shape index (κ1) is 10.4. The molecule has 0 saturated heterocycles. The molecule has 78 valence electrons. The smallest absolute Gasteiger partial charge is 0.220 e. The summed E-state index contributed by atoms with van der Waals surface area (Å²) in [5.74, 6) is 0.405. The average molecular weight is 285 g/mol. The molecule has 0 fully saturated rings. The fourth-order valence-electron chi connectivity index (χ4n) is 1.26. The first-order chi connectivity index (χ1) is 7.16. The Bertz CT molecular complexity index is 514. The van der Waals surface area contributed by atoms with Crippen LogP contribution >= 0.6 is 28.1 Å². The number of hydrogen-bond donors (Lipinski definition) is 2. The molecule has 6 heteroatoms. The number of benzene rings is 1. The monoisotopic (exact) mass is 284 g/mol. The Morgan fingerprint density at radius 1 is 1.40 bits per heavy atom. The van der Waals surface area contributed by atoms with Crippen molar-refractivity contribution in [2.24, 2.45) is 0 Å². The van der Waals surface area contributed by atoms with Gasteiger partial charge in [0.15, 0.2) is 4.77 Å². The highest BCUT2D eigenvalue weighted by atomic mass is 79.9. The van der Waals surface area contributed by atoms with Gasteiger partial charge in [0.05, 0.1) is 6.54 Å². The van der Waals surface area contributed by atoms with Gasteiger partial charge < -0.3 is 5.73 Å². The van der Waals surface area contributed by atoms with Crippen molar-refractivity contribution < 1.29 is 0 Å². The fraction of sp³-hybridized carbons (Fsp3) is 0.111. The molecule has 1 aromatic carbocycles. The second-order valence-electron chi connectivity index (χ2n) is 3.10. The fourth-order valence-corrected chi connectivity index (χ4v) is 1.72. The van der Waals surface area contributed by atoms with Crippen LogP contribution in [-0.4, -0.2) is 14.8 Å². The highest BCUT2D eigenvalue weighted by molar-refractivity contribution is 9.10. The minimum absolute atomic E-state index is 0.405. The van der Waals surface area contributed by atoms with Gasteiger partial charge in [0.25, 0.3) is 0 Å². The van der Waals surface area contributed by atoms with E-state index < -0.39 is 0 Å². The summed E-state index contributed by atoms with van der Waals surface area (Å²) in [7, 11) is 0. The molecular formula is C9H9BrN4S. The number of anilines is 1. The maximum absolute atomic E-state index is 5.66. The molecule has 2 rings (SSSR count). The summed E-state index contributed by atoms with van der Waals surface area (Å²) in [5, 5.41) is 6.49. The van der Waals surface area contributed by atoms with Gasteiger partial charge in [-0.3, -0.25) is 4.57 Å². The first-order valence-corrected chi connectivity index (χ1v) is 5.52. The molecule has 1 heterocycles. The molecule has 0 unspecified atom stereocenters. The van der Waals surface area contributed by atoms with Gasteiger partial charge in [-0.05, 0) is 29.9 Å². The number of rotatable bonds is 2. The predicted molar refractivity (Wildman–Crippen MR) is 65.1 cm³/mol. The Balaban J connectivity index is 2.29. The predicted octanol–water partition coefficient (Wildman–Crippen LogP) is 2.33. The number of H-pyrrole nitrogens is 1. The maximum atomic E-state index is 5.66. The van der Waals surface area contributed by atoms with Gasteiger partial charge in [0.1, 0.15) is 0 Å². The molecule has 0 bridgehead atoms. The quantitative estimate of drug-likeness (QED) is 0.833. The van der Waals surface area contributed by atoms with Crippen LogP contribution in [0, 0.1) is 4.77 Å². The summed E-state index contributed by atoms with van der Waals surface area (Å²) in [6, 6.07) is 7.99. The van der Waals surface area contributed by atoms with Crippen LogP contribution in [0.3, 0.4) is 0 Å². The molecule has 1 aromatic heterocycles. The molecule has 0 radical (unpaired) electrons. The third-order valence-electron chi connectivity index (χ3n) is 2.04. The summed E-state index contributed by atoms with van der Waals surface area (Å²) in [6.07, 6.45) is 0. The normalized spacial score (nSPS) is 10.5. The van der Waals surface area contributed by atoms with Crippen LogP contribution in [-0.2, 0) is 6.54 Å². The average Bonchev–Trinajstić information content (AvgIpc) is 2.53. The molecule has 0 aliphatic rings. The largest absolute Gasteiger partial charge is 0.368 e. The van der Waals surface area contributed by atoms with E-state index in [1.54, 1.807) is 4.57 Å². The summed E-state index contributed by atoms with van der Waals surface area (Å²) in [5.41, 5.74) is 6.79. The Morgan fingerprint density at radius 2 is 2.07 bits per heavy atom. The summed E-state index contributed by atoms with van der Waals surface area (Å²) in [6.45, 7) is 0.633. The second-order valence-corrected chi connectivity index (χ2v) is 4.40. The van der Waals surface area contributed by atoms with E-state index in [-0.39, 0.29) is 0 Å². The van der Waals surface area contributed by atoms with Crippen LogP contribution in [0.5, 0.6) is 0 Å². The van der Waals surface area contributed by atoms with E-state index in [9.17, 15) is 0 Å². The minimum atomic E-state index is 0.405. The zero-order chi connectivity index (χ0) is 10.8. The van der Waals surface area contributed by atoms with Crippen molar-refractivity contribution in [2.75, 3.05) is 5.73 Å². The molecule has 0 amide bonds. The topological polar surface area (TPSA) is 59.6 Å². The molecule has 0 saturated carbocycles. The van der Waals surface area contributed by atoms with E-state index >= 15 is 0 Å². The maximum Gasteiger partial charge on any atom is 0.220 e. The summed E-state index contributed by atoms with van der Waals surface area (Å²) >= 11 is 8.44. The highest BCUT2D eigenvalue weighted by Gasteiger charge is 2.02. The molecular weight excluding hydrogens is 276 g/mol. The lowest BCUT2D eigenvalue weighted by molar-refractivity contribution is 0.793. The van der Waals surface area contributed by atoms with E-state index in [1.165, 1.54) is 0 Å². The van der Waals surface area contributed by atoms with E-state index in [2.05, 4.69) is 26.1 Å². The third kappa shape index (κ3) is 2.27.